The van der Waals surface area contributed by atoms with Gasteiger partial charge in [-0.15, -0.1) is 0 Å². The van der Waals surface area contributed by atoms with Gasteiger partial charge in [-0.05, 0) is 80.4 Å². The Kier molecular flexibility index (Phi) is 6.37. The van der Waals surface area contributed by atoms with Crippen LogP contribution in [0.5, 0.6) is 0 Å². The molecule has 2 aliphatic heterocycles. The number of benzene rings is 1. The summed E-state index contributed by atoms with van der Waals surface area (Å²) in [5.74, 6) is 4.42. The topological polar surface area (TPSA) is 33.1 Å². The van der Waals surface area contributed by atoms with Crippen LogP contribution in [0.1, 0.15) is 84.0 Å². The first-order valence-corrected chi connectivity index (χ1v) is 13.3. The molecule has 0 bridgehead atoms. The molecule has 0 unspecified atom stereocenters. The average Bonchev–Trinajstić information content (AvgIpc) is 3.21. The van der Waals surface area contributed by atoms with Gasteiger partial charge in [-0.1, -0.05) is 39.8 Å². The van der Waals surface area contributed by atoms with Crippen molar-refractivity contribution in [3.05, 3.63) is 30.1 Å². The van der Waals surface area contributed by atoms with Crippen LogP contribution < -0.4 is 5.32 Å². The van der Waals surface area contributed by atoms with E-state index in [1.807, 2.05) is 0 Å². The molecule has 1 aliphatic carbocycles. The van der Waals surface area contributed by atoms with E-state index >= 15 is 0 Å². The summed E-state index contributed by atoms with van der Waals surface area (Å²) in [5.41, 5.74) is 3.01. The van der Waals surface area contributed by atoms with Crippen LogP contribution in [0.2, 0.25) is 0 Å². The normalized spacial score (nSPS) is 32.4. The maximum atomic E-state index is 5.17. The van der Waals surface area contributed by atoms with Gasteiger partial charge in [0.05, 0.1) is 11.0 Å². The summed E-state index contributed by atoms with van der Waals surface area (Å²) in [5, 5.41) is 3.61. The van der Waals surface area contributed by atoms with Crippen LogP contribution in [0.4, 0.5) is 0 Å². The first-order chi connectivity index (χ1) is 15.4. The van der Waals surface area contributed by atoms with Gasteiger partial charge in [0.15, 0.2) is 0 Å². The van der Waals surface area contributed by atoms with Crippen molar-refractivity contribution in [1.29, 1.82) is 0 Å². The van der Waals surface area contributed by atoms with Gasteiger partial charge in [-0.25, -0.2) is 4.98 Å². The van der Waals surface area contributed by atoms with Crippen LogP contribution in [0.25, 0.3) is 11.0 Å². The quantitative estimate of drug-likeness (QED) is 0.653. The number of fused-ring (bicyclic) bond motifs is 1. The van der Waals surface area contributed by atoms with E-state index < -0.39 is 0 Å². The predicted molar refractivity (Wildman–Crippen MR) is 134 cm³/mol. The number of para-hydroxylation sites is 2. The van der Waals surface area contributed by atoms with Crippen molar-refractivity contribution < 1.29 is 0 Å². The molecular formula is C28H44N4. The van der Waals surface area contributed by atoms with Gasteiger partial charge >= 0.3 is 0 Å². The molecule has 4 nitrogen and oxygen atoms in total. The number of hydrogen-bond acceptors (Lipinski definition) is 3. The van der Waals surface area contributed by atoms with Gasteiger partial charge in [-0.2, -0.15) is 0 Å². The van der Waals surface area contributed by atoms with Crippen molar-refractivity contribution in [2.45, 2.75) is 78.2 Å². The highest BCUT2D eigenvalue weighted by Gasteiger charge is 2.41. The third-order valence-electron chi connectivity index (χ3n) is 9.82. The van der Waals surface area contributed by atoms with Crippen LogP contribution in [0.15, 0.2) is 24.3 Å². The summed E-state index contributed by atoms with van der Waals surface area (Å²) in [6, 6.07) is 9.41. The molecule has 32 heavy (non-hydrogen) atoms. The minimum absolute atomic E-state index is 0.472. The molecule has 3 fully saturated rings. The zero-order chi connectivity index (χ0) is 22.3. The summed E-state index contributed by atoms with van der Waals surface area (Å²) in [6.07, 6.45) is 7.86. The Hall–Kier alpha value is -1.39. The van der Waals surface area contributed by atoms with Crippen molar-refractivity contribution in [2.75, 3.05) is 32.7 Å². The van der Waals surface area contributed by atoms with Crippen LogP contribution in [0.3, 0.4) is 0 Å². The monoisotopic (exact) mass is 436 g/mol. The van der Waals surface area contributed by atoms with E-state index in [4.69, 9.17) is 4.98 Å². The molecule has 4 heteroatoms. The number of likely N-dealkylation sites (tertiary alicyclic amines) is 1. The molecular weight excluding hydrogens is 392 g/mol. The molecule has 3 aliphatic rings. The molecule has 3 heterocycles. The van der Waals surface area contributed by atoms with E-state index in [0.29, 0.717) is 17.4 Å². The van der Waals surface area contributed by atoms with Gasteiger partial charge in [-0.3, -0.25) is 0 Å². The second kappa shape index (κ2) is 9.10. The highest BCUT2D eigenvalue weighted by atomic mass is 15.2. The maximum Gasteiger partial charge on any atom is 0.114 e. The number of aromatic nitrogens is 2. The first-order valence-electron chi connectivity index (χ1n) is 13.3. The molecule has 0 amide bonds. The van der Waals surface area contributed by atoms with Crippen LogP contribution >= 0.6 is 0 Å². The van der Waals surface area contributed by atoms with E-state index in [1.165, 1.54) is 75.0 Å². The smallest absolute Gasteiger partial charge is 0.114 e. The fourth-order valence-corrected chi connectivity index (χ4v) is 6.89. The lowest BCUT2D eigenvalue weighted by Gasteiger charge is -2.48. The van der Waals surface area contributed by atoms with E-state index in [0.717, 1.165) is 30.8 Å². The summed E-state index contributed by atoms with van der Waals surface area (Å²) >= 11 is 0. The highest BCUT2D eigenvalue weighted by Crippen LogP contribution is 2.48. The Balaban J connectivity index is 1.29. The van der Waals surface area contributed by atoms with Crippen molar-refractivity contribution in [2.24, 2.45) is 23.2 Å². The Morgan fingerprint density at radius 1 is 1.03 bits per heavy atom. The molecule has 0 spiro atoms. The fraction of sp³-hybridized carbons (Fsp3) is 0.750. The molecule has 1 saturated carbocycles. The molecule has 1 aromatic carbocycles. The summed E-state index contributed by atoms with van der Waals surface area (Å²) < 4.78 is 2.65. The Morgan fingerprint density at radius 2 is 1.81 bits per heavy atom. The molecule has 0 radical (unpaired) electrons. The van der Waals surface area contributed by atoms with Gasteiger partial charge in [0, 0.05) is 38.1 Å². The Bertz CT molecular complexity index is 901. The largest absolute Gasteiger partial charge is 0.324 e. The average molecular weight is 437 g/mol. The number of hydrogen-bond donors (Lipinski definition) is 1. The molecule has 2 aromatic rings. The standard InChI is InChI=1S/C28H44N4/c1-20-11-12-23(21(2)28(20,3)4)19-31-16-13-24(14-17-31)32-26-10-6-5-9-25(26)30-27(32)22-8-7-15-29-18-22/h5-6,9-10,20-24,29H,7-8,11-19H2,1-4H3/t20-,21+,22+,23+/m1/s1. The van der Waals surface area contributed by atoms with Crippen molar-refractivity contribution in [3.63, 3.8) is 0 Å². The van der Waals surface area contributed by atoms with E-state index in [9.17, 15) is 0 Å². The van der Waals surface area contributed by atoms with Crippen LogP contribution in [-0.2, 0) is 0 Å². The van der Waals surface area contributed by atoms with Gasteiger partial charge in [0.25, 0.3) is 0 Å². The Morgan fingerprint density at radius 3 is 2.56 bits per heavy atom. The lowest BCUT2D eigenvalue weighted by molar-refractivity contribution is 0.0109. The molecule has 176 valence electrons. The van der Waals surface area contributed by atoms with Crippen molar-refractivity contribution >= 4 is 11.0 Å². The zero-order valence-electron chi connectivity index (χ0n) is 20.8. The third kappa shape index (κ3) is 4.14. The maximum absolute atomic E-state index is 5.17. The lowest BCUT2D eigenvalue weighted by atomic mass is 9.59. The second-order valence-electron chi connectivity index (χ2n) is 11.8. The molecule has 1 N–H and O–H groups in total. The number of nitrogens with one attached hydrogen (secondary N) is 1. The minimum atomic E-state index is 0.472. The van der Waals surface area contributed by atoms with Gasteiger partial charge in [0.2, 0.25) is 0 Å². The van der Waals surface area contributed by atoms with Gasteiger partial charge < -0.3 is 14.8 Å². The van der Waals surface area contributed by atoms with Crippen molar-refractivity contribution in [1.82, 2.24) is 19.8 Å². The third-order valence-corrected chi connectivity index (χ3v) is 9.82. The van der Waals surface area contributed by atoms with Crippen LogP contribution in [-0.4, -0.2) is 47.2 Å². The molecule has 2 saturated heterocycles. The summed E-state index contributed by atoms with van der Waals surface area (Å²) in [6.45, 7) is 16.0. The highest BCUT2D eigenvalue weighted by molar-refractivity contribution is 5.76. The van der Waals surface area contributed by atoms with E-state index in [1.54, 1.807) is 0 Å². The van der Waals surface area contributed by atoms with E-state index in [-0.39, 0.29) is 0 Å². The number of imidazole rings is 1. The van der Waals surface area contributed by atoms with Crippen molar-refractivity contribution in [3.8, 4) is 0 Å². The minimum Gasteiger partial charge on any atom is -0.324 e. The fourth-order valence-electron chi connectivity index (χ4n) is 6.89. The number of nitrogens with zero attached hydrogens (tertiary/aromatic N) is 3. The van der Waals surface area contributed by atoms with Gasteiger partial charge in [0.1, 0.15) is 5.82 Å². The lowest BCUT2D eigenvalue weighted by Crippen LogP contribution is -2.45. The second-order valence-corrected chi connectivity index (χ2v) is 11.8. The van der Waals surface area contributed by atoms with E-state index in [2.05, 4.69) is 66.7 Å². The number of rotatable bonds is 4. The Labute approximate surface area is 195 Å². The summed E-state index contributed by atoms with van der Waals surface area (Å²) in [4.78, 5) is 7.95. The summed E-state index contributed by atoms with van der Waals surface area (Å²) in [7, 11) is 0. The van der Waals surface area contributed by atoms with Crippen LogP contribution in [0, 0.1) is 23.2 Å². The number of piperidine rings is 2. The zero-order valence-corrected chi connectivity index (χ0v) is 20.8. The first kappa shape index (κ1) is 22.4. The molecule has 4 atom stereocenters. The molecule has 5 rings (SSSR count). The SMILES string of the molecule is C[C@@H]1CC[C@@H](CN2CCC(n3c([C@H]4CCCNC4)nc4ccccc43)CC2)[C@H](C)C1(C)C. The molecule has 1 aromatic heterocycles. The predicted octanol–water partition coefficient (Wildman–Crippen LogP) is 5.85.